The molecule has 0 unspecified atom stereocenters. The lowest BCUT2D eigenvalue weighted by molar-refractivity contribution is -0.116. The quantitative estimate of drug-likeness (QED) is 0.769. The highest BCUT2D eigenvalue weighted by atomic mass is 32.2. The van der Waals surface area contributed by atoms with Gasteiger partial charge in [0.25, 0.3) is 0 Å². The number of hydrogen-bond acceptors (Lipinski definition) is 3. The van der Waals surface area contributed by atoms with Gasteiger partial charge >= 0.3 is 0 Å². The second-order valence-electron chi connectivity index (χ2n) is 5.96. The number of rotatable bonds is 8. The van der Waals surface area contributed by atoms with Crippen LogP contribution in [0.25, 0.3) is 6.08 Å². The molecule has 0 saturated heterocycles. The molecule has 0 aliphatic carbocycles. The zero-order chi connectivity index (χ0) is 19.0. The van der Waals surface area contributed by atoms with Crippen LogP contribution in [0, 0.1) is 6.92 Å². The van der Waals surface area contributed by atoms with Gasteiger partial charge in [-0.1, -0.05) is 55.5 Å². The standard InChI is InChI=1S/C20H24N2O3S/c1-3-14-22(16-20(23)21-19-12-8-7-9-17(19)2)26(24,25)15-13-18-10-5-4-6-11-18/h4-13,15H,3,14,16H2,1-2H3,(H,21,23). The van der Waals surface area contributed by atoms with E-state index in [4.69, 9.17) is 0 Å². The highest BCUT2D eigenvalue weighted by Crippen LogP contribution is 2.14. The van der Waals surface area contributed by atoms with Crippen LogP contribution in [0.15, 0.2) is 60.0 Å². The smallest absolute Gasteiger partial charge is 0.239 e. The van der Waals surface area contributed by atoms with Gasteiger partial charge in [0.2, 0.25) is 15.9 Å². The van der Waals surface area contributed by atoms with Gasteiger partial charge in [-0.15, -0.1) is 0 Å². The van der Waals surface area contributed by atoms with Crippen LogP contribution in [-0.2, 0) is 14.8 Å². The van der Waals surface area contributed by atoms with Crippen molar-refractivity contribution in [2.24, 2.45) is 0 Å². The van der Waals surface area contributed by atoms with Crippen LogP contribution in [0.2, 0.25) is 0 Å². The van der Waals surface area contributed by atoms with Crippen LogP contribution < -0.4 is 5.32 Å². The minimum atomic E-state index is -3.69. The molecule has 0 aliphatic rings. The molecule has 0 heterocycles. The van der Waals surface area contributed by atoms with Crippen molar-refractivity contribution in [2.45, 2.75) is 20.3 Å². The Kier molecular flexibility index (Phi) is 7.12. The Hall–Kier alpha value is -2.44. The number of carbonyl (C=O) groups excluding carboxylic acids is 1. The summed E-state index contributed by atoms with van der Waals surface area (Å²) in [6, 6.07) is 16.6. The largest absolute Gasteiger partial charge is 0.325 e. The zero-order valence-electron chi connectivity index (χ0n) is 15.1. The van der Waals surface area contributed by atoms with E-state index in [-0.39, 0.29) is 19.0 Å². The van der Waals surface area contributed by atoms with Crippen molar-refractivity contribution >= 4 is 27.7 Å². The summed E-state index contributed by atoms with van der Waals surface area (Å²) in [6.45, 7) is 3.83. The summed E-state index contributed by atoms with van der Waals surface area (Å²) in [5.74, 6) is -0.357. The average Bonchev–Trinajstić information content (AvgIpc) is 2.62. The topological polar surface area (TPSA) is 66.5 Å². The molecule has 2 aromatic carbocycles. The number of para-hydroxylation sites is 1. The first-order valence-electron chi connectivity index (χ1n) is 8.51. The number of carbonyl (C=O) groups is 1. The molecule has 1 amide bonds. The van der Waals surface area contributed by atoms with Gasteiger partial charge < -0.3 is 5.32 Å². The second-order valence-corrected chi connectivity index (χ2v) is 7.77. The monoisotopic (exact) mass is 372 g/mol. The lowest BCUT2D eigenvalue weighted by atomic mass is 10.2. The number of amides is 1. The minimum absolute atomic E-state index is 0.219. The number of aryl methyl sites for hydroxylation is 1. The fraction of sp³-hybridized carbons (Fsp3) is 0.250. The van der Waals surface area contributed by atoms with Crippen LogP contribution in [0.4, 0.5) is 5.69 Å². The Morgan fingerprint density at radius 2 is 1.73 bits per heavy atom. The summed E-state index contributed by atoms with van der Waals surface area (Å²) in [7, 11) is -3.69. The molecule has 26 heavy (non-hydrogen) atoms. The molecule has 0 radical (unpaired) electrons. The molecule has 0 bridgehead atoms. The predicted molar refractivity (Wildman–Crippen MR) is 106 cm³/mol. The average molecular weight is 372 g/mol. The number of benzene rings is 2. The summed E-state index contributed by atoms with van der Waals surface area (Å²) in [5.41, 5.74) is 2.40. The molecule has 2 aromatic rings. The van der Waals surface area contributed by atoms with E-state index in [2.05, 4.69) is 5.32 Å². The van der Waals surface area contributed by atoms with Gasteiger partial charge in [0, 0.05) is 17.6 Å². The van der Waals surface area contributed by atoms with E-state index in [9.17, 15) is 13.2 Å². The Bertz CT molecular complexity index is 862. The van der Waals surface area contributed by atoms with Crippen molar-refractivity contribution in [1.29, 1.82) is 0 Å². The van der Waals surface area contributed by atoms with Crippen LogP contribution in [-0.4, -0.2) is 31.7 Å². The molecule has 0 aliphatic heterocycles. The normalized spacial score (nSPS) is 11.8. The second kappa shape index (κ2) is 9.31. The lowest BCUT2D eigenvalue weighted by Crippen LogP contribution is -2.37. The van der Waals surface area contributed by atoms with Crippen LogP contribution in [0.1, 0.15) is 24.5 Å². The molecule has 2 rings (SSSR count). The maximum Gasteiger partial charge on any atom is 0.239 e. The van der Waals surface area contributed by atoms with Crippen molar-refractivity contribution in [3.8, 4) is 0 Å². The number of nitrogens with one attached hydrogen (secondary N) is 1. The van der Waals surface area contributed by atoms with Gasteiger partial charge in [0.05, 0.1) is 6.54 Å². The van der Waals surface area contributed by atoms with Crippen molar-refractivity contribution in [1.82, 2.24) is 4.31 Å². The molecule has 5 nitrogen and oxygen atoms in total. The molecule has 1 N–H and O–H groups in total. The zero-order valence-corrected chi connectivity index (χ0v) is 15.9. The Balaban J connectivity index is 2.10. The highest BCUT2D eigenvalue weighted by molar-refractivity contribution is 7.92. The van der Waals surface area contributed by atoms with Crippen LogP contribution in [0.3, 0.4) is 0 Å². The molecule has 138 valence electrons. The van der Waals surface area contributed by atoms with Crippen molar-refractivity contribution in [2.75, 3.05) is 18.4 Å². The van der Waals surface area contributed by atoms with Gasteiger partial charge in [-0.3, -0.25) is 4.79 Å². The fourth-order valence-electron chi connectivity index (χ4n) is 2.42. The van der Waals surface area contributed by atoms with E-state index >= 15 is 0 Å². The molecule has 0 spiro atoms. The maximum atomic E-state index is 12.6. The molecule has 0 aromatic heterocycles. The molecule has 0 fully saturated rings. The summed E-state index contributed by atoms with van der Waals surface area (Å²) in [4.78, 5) is 12.3. The Morgan fingerprint density at radius 3 is 2.38 bits per heavy atom. The van der Waals surface area contributed by atoms with E-state index in [0.29, 0.717) is 12.1 Å². The van der Waals surface area contributed by atoms with Gasteiger partial charge in [0.1, 0.15) is 0 Å². The third kappa shape index (κ3) is 5.82. The number of anilines is 1. The first kappa shape index (κ1) is 19.9. The SMILES string of the molecule is CCCN(CC(=O)Nc1ccccc1C)S(=O)(=O)C=Cc1ccccc1. The van der Waals surface area contributed by atoms with E-state index in [1.165, 1.54) is 10.4 Å². The van der Waals surface area contributed by atoms with Crippen molar-refractivity contribution < 1.29 is 13.2 Å². The molecule has 6 heteroatoms. The number of nitrogens with zero attached hydrogens (tertiary/aromatic N) is 1. The summed E-state index contributed by atoms with van der Waals surface area (Å²) in [5, 5.41) is 3.93. The number of sulfonamides is 1. The van der Waals surface area contributed by atoms with Gasteiger partial charge in [-0.25, -0.2) is 8.42 Å². The Morgan fingerprint density at radius 1 is 1.08 bits per heavy atom. The van der Waals surface area contributed by atoms with Crippen LogP contribution in [0.5, 0.6) is 0 Å². The molecular formula is C20H24N2O3S. The van der Waals surface area contributed by atoms with Gasteiger partial charge in [-0.2, -0.15) is 4.31 Å². The third-order valence-corrected chi connectivity index (χ3v) is 5.32. The maximum absolute atomic E-state index is 12.6. The predicted octanol–water partition coefficient (Wildman–Crippen LogP) is 3.65. The van der Waals surface area contributed by atoms with E-state index in [1.807, 2.05) is 62.4 Å². The van der Waals surface area contributed by atoms with Gasteiger partial charge in [0.15, 0.2) is 0 Å². The van der Waals surface area contributed by atoms with Crippen molar-refractivity contribution in [3.05, 3.63) is 71.1 Å². The minimum Gasteiger partial charge on any atom is -0.325 e. The summed E-state index contributed by atoms with van der Waals surface area (Å²) >= 11 is 0. The first-order valence-corrected chi connectivity index (χ1v) is 10.0. The Labute approximate surface area is 155 Å². The van der Waals surface area contributed by atoms with Gasteiger partial charge in [-0.05, 0) is 36.6 Å². The first-order chi connectivity index (χ1) is 12.4. The fourth-order valence-corrected chi connectivity index (χ4v) is 3.66. The summed E-state index contributed by atoms with van der Waals surface area (Å²) in [6.07, 6.45) is 2.16. The lowest BCUT2D eigenvalue weighted by Gasteiger charge is -2.19. The van der Waals surface area contributed by atoms with E-state index in [0.717, 1.165) is 16.5 Å². The molecule has 0 saturated carbocycles. The third-order valence-electron chi connectivity index (χ3n) is 3.80. The molecular weight excluding hydrogens is 348 g/mol. The number of hydrogen-bond donors (Lipinski definition) is 1. The molecule has 0 atom stereocenters. The summed E-state index contributed by atoms with van der Waals surface area (Å²) < 4.78 is 26.4. The van der Waals surface area contributed by atoms with E-state index < -0.39 is 10.0 Å². The van der Waals surface area contributed by atoms with Crippen molar-refractivity contribution in [3.63, 3.8) is 0 Å². The highest BCUT2D eigenvalue weighted by Gasteiger charge is 2.21. The van der Waals surface area contributed by atoms with E-state index in [1.54, 1.807) is 6.07 Å². The van der Waals surface area contributed by atoms with Crippen LogP contribution >= 0.6 is 0 Å².